The minimum Gasteiger partial charge on any atom is -0.478 e. The van der Waals surface area contributed by atoms with Crippen LogP contribution in [0.3, 0.4) is 0 Å². The zero-order valence-electron chi connectivity index (χ0n) is 11.2. The largest absolute Gasteiger partial charge is 0.478 e. The molecule has 0 bridgehead atoms. The number of nitrogens with zero attached hydrogens (tertiary/aromatic N) is 1. The second-order valence-electron chi connectivity index (χ2n) is 4.48. The van der Waals surface area contributed by atoms with Crippen molar-refractivity contribution >= 4 is 17.5 Å². The van der Waals surface area contributed by atoms with Crippen LogP contribution in [0.4, 0.5) is 11.5 Å². The number of hydrogen-bond donors (Lipinski definition) is 3. The lowest BCUT2D eigenvalue weighted by Crippen LogP contribution is -2.12. The molecule has 0 saturated heterocycles. The first-order chi connectivity index (χ1) is 9.61. The highest BCUT2D eigenvalue weighted by molar-refractivity contribution is 5.94. The number of nitrogens with one attached hydrogen (secondary N) is 1. The monoisotopic (exact) mass is 271 g/mol. The molecule has 1 unspecified atom stereocenters. The van der Waals surface area contributed by atoms with Crippen molar-refractivity contribution in [1.29, 1.82) is 0 Å². The van der Waals surface area contributed by atoms with Crippen molar-refractivity contribution in [3.63, 3.8) is 0 Å². The molecular formula is C15H17N3O2. The number of carboxylic acids is 1. The lowest BCUT2D eigenvalue weighted by molar-refractivity contribution is 0.0698. The lowest BCUT2D eigenvalue weighted by Gasteiger charge is -2.18. The summed E-state index contributed by atoms with van der Waals surface area (Å²) in [6, 6.07) is 11.5. The van der Waals surface area contributed by atoms with E-state index in [2.05, 4.69) is 17.2 Å². The SMILES string of the molecule is CCC(Nc1cc(C(=O)O)c(N)cn1)c1ccccc1. The summed E-state index contributed by atoms with van der Waals surface area (Å²) < 4.78 is 0. The van der Waals surface area contributed by atoms with Gasteiger partial charge in [0.1, 0.15) is 5.82 Å². The van der Waals surface area contributed by atoms with E-state index in [1.54, 1.807) is 0 Å². The molecule has 0 aliphatic carbocycles. The third-order valence-electron chi connectivity index (χ3n) is 3.10. The Morgan fingerprint density at radius 1 is 1.40 bits per heavy atom. The molecule has 1 heterocycles. The van der Waals surface area contributed by atoms with Crippen LogP contribution in [0, 0.1) is 0 Å². The third kappa shape index (κ3) is 3.06. The van der Waals surface area contributed by atoms with E-state index in [1.807, 2.05) is 30.3 Å². The van der Waals surface area contributed by atoms with Gasteiger partial charge in [-0.15, -0.1) is 0 Å². The number of nitrogens with two attached hydrogens (primary N) is 1. The number of rotatable bonds is 5. The molecule has 0 amide bonds. The molecule has 104 valence electrons. The predicted molar refractivity (Wildman–Crippen MR) is 78.7 cm³/mol. The fraction of sp³-hybridized carbons (Fsp3) is 0.200. The van der Waals surface area contributed by atoms with Gasteiger partial charge in [0, 0.05) is 0 Å². The molecular weight excluding hydrogens is 254 g/mol. The summed E-state index contributed by atoms with van der Waals surface area (Å²) in [6.45, 7) is 2.06. The highest BCUT2D eigenvalue weighted by atomic mass is 16.4. The number of carboxylic acid groups (broad SMARTS) is 1. The Hall–Kier alpha value is -2.56. The molecule has 0 aliphatic rings. The summed E-state index contributed by atoms with van der Waals surface area (Å²) in [5.41, 5.74) is 6.95. The second kappa shape index (κ2) is 6.06. The molecule has 2 rings (SSSR count). The first-order valence-corrected chi connectivity index (χ1v) is 6.42. The zero-order valence-corrected chi connectivity index (χ0v) is 11.2. The summed E-state index contributed by atoms with van der Waals surface area (Å²) in [7, 11) is 0. The number of aromatic nitrogens is 1. The second-order valence-corrected chi connectivity index (χ2v) is 4.48. The Bertz CT molecular complexity index is 599. The van der Waals surface area contributed by atoms with Crippen molar-refractivity contribution in [2.45, 2.75) is 19.4 Å². The lowest BCUT2D eigenvalue weighted by atomic mass is 10.0. The van der Waals surface area contributed by atoms with E-state index >= 15 is 0 Å². The van der Waals surface area contributed by atoms with Gasteiger partial charge in [0.05, 0.1) is 23.5 Å². The molecule has 5 heteroatoms. The number of pyridine rings is 1. The van der Waals surface area contributed by atoms with E-state index < -0.39 is 5.97 Å². The first kappa shape index (κ1) is 13.9. The fourth-order valence-electron chi connectivity index (χ4n) is 2.02. The van der Waals surface area contributed by atoms with Gasteiger partial charge in [-0.05, 0) is 18.1 Å². The normalized spacial score (nSPS) is 11.8. The van der Waals surface area contributed by atoms with Crippen molar-refractivity contribution in [1.82, 2.24) is 4.98 Å². The smallest absolute Gasteiger partial charge is 0.337 e. The van der Waals surface area contributed by atoms with Crippen LogP contribution in [-0.4, -0.2) is 16.1 Å². The molecule has 2 aromatic rings. The van der Waals surface area contributed by atoms with Crippen LogP contribution in [0.25, 0.3) is 0 Å². The topological polar surface area (TPSA) is 88.2 Å². The molecule has 4 N–H and O–H groups in total. The molecule has 0 fully saturated rings. The number of carbonyl (C=O) groups is 1. The molecule has 0 spiro atoms. The van der Waals surface area contributed by atoms with Gasteiger partial charge < -0.3 is 16.2 Å². The average Bonchev–Trinajstić information content (AvgIpc) is 2.47. The number of aromatic carboxylic acids is 1. The van der Waals surface area contributed by atoms with Crippen LogP contribution in [0.5, 0.6) is 0 Å². The first-order valence-electron chi connectivity index (χ1n) is 6.42. The predicted octanol–water partition coefficient (Wildman–Crippen LogP) is 2.93. The minimum absolute atomic E-state index is 0.0606. The van der Waals surface area contributed by atoms with E-state index in [1.165, 1.54) is 12.3 Å². The van der Waals surface area contributed by atoms with E-state index in [-0.39, 0.29) is 17.3 Å². The van der Waals surface area contributed by atoms with E-state index in [0.717, 1.165) is 12.0 Å². The van der Waals surface area contributed by atoms with Gasteiger partial charge in [-0.1, -0.05) is 37.3 Å². The van der Waals surface area contributed by atoms with Crippen LogP contribution in [-0.2, 0) is 0 Å². The van der Waals surface area contributed by atoms with Gasteiger partial charge in [-0.2, -0.15) is 0 Å². The molecule has 1 aromatic carbocycles. The van der Waals surface area contributed by atoms with Gasteiger partial charge in [-0.3, -0.25) is 0 Å². The van der Waals surface area contributed by atoms with Crippen molar-refractivity contribution in [2.75, 3.05) is 11.1 Å². The summed E-state index contributed by atoms with van der Waals surface area (Å²) in [6.07, 6.45) is 2.22. The summed E-state index contributed by atoms with van der Waals surface area (Å²) in [5, 5.41) is 12.3. The Kier molecular flexibility index (Phi) is 4.20. The van der Waals surface area contributed by atoms with Crippen molar-refractivity contribution in [2.24, 2.45) is 0 Å². The molecule has 0 saturated carbocycles. The summed E-state index contributed by atoms with van der Waals surface area (Å²) in [5.74, 6) is -0.548. The van der Waals surface area contributed by atoms with E-state index in [9.17, 15) is 4.79 Å². The van der Waals surface area contributed by atoms with Crippen LogP contribution in [0.1, 0.15) is 35.3 Å². The maximum atomic E-state index is 11.1. The zero-order chi connectivity index (χ0) is 14.5. The number of anilines is 2. The Morgan fingerprint density at radius 3 is 2.70 bits per heavy atom. The molecule has 0 radical (unpaired) electrons. The average molecular weight is 271 g/mol. The van der Waals surface area contributed by atoms with E-state index in [0.29, 0.717) is 5.82 Å². The van der Waals surface area contributed by atoms with Crippen LogP contribution >= 0.6 is 0 Å². The maximum Gasteiger partial charge on any atom is 0.337 e. The van der Waals surface area contributed by atoms with Gasteiger partial charge in [0.25, 0.3) is 0 Å². The van der Waals surface area contributed by atoms with E-state index in [4.69, 9.17) is 10.8 Å². The Morgan fingerprint density at radius 2 is 2.10 bits per heavy atom. The Labute approximate surface area is 117 Å². The number of hydrogen-bond acceptors (Lipinski definition) is 4. The van der Waals surface area contributed by atoms with Crippen molar-refractivity contribution < 1.29 is 9.90 Å². The number of nitrogen functional groups attached to an aromatic ring is 1. The highest BCUT2D eigenvalue weighted by Crippen LogP contribution is 2.23. The van der Waals surface area contributed by atoms with Crippen LogP contribution < -0.4 is 11.1 Å². The molecule has 1 aromatic heterocycles. The molecule has 5 nitrogen and oxygen atoms in total. The van der Waals surface area contributed by atoms with Gasteiger partial charge in [-0.25, -0.2) is 9.78 Å². The fourth-order valence-corrected chi connectivity index (χ4v) is 2.02. The molecule has 20 heavy (non-hydrogen) atoms. The van der Waals surface area contributed by atoms with Crippen LogP contribution in [0.2, 0.25) is 0 Å². The van der Waals surface area contributed by atoms with Crippen molar-refractivity contribution in [3.05, 3.63) is 53.7 Å². The van der Waals surface area contributed by atoms with Crippen molar-refractivity contribution in [3.8, 4) is 0 Å². The maximum absolute atomic E-state index is 11.1. The van der Waals surface area contributed by atoms with Crippen LogP contribution in [0.15, 0.2) is 42.6 Å². The van der Waals surface area contributed by atoms with Gasteiger partial charge in [0.2, 0.25) is 0 Å². The summed E-state index contributed by atoms with van der Waals surface area (Å²) in [4.78, 5) is 15.2. The standard InChI is InChI=1S/C15H17N3O2/c1-2-13(10-6-4-3-5-7-10)18-14-8-11(15(19)20)12(16)9-17-14/h3-9,13H,2,16H2,1H3,(H,17,18)(H,19,20). The Balaban J connectivity index is 2.24. The molecule has 0 aliphatic heterocycles. The quantitative estimate of drug-likeness (QED) is 0.778. The minimum atomic E-state index is -1.05. The number of benzene rings is 1. The highest BCUT2D eigenvalue weighted by Gasteiger charge is 2.13. The van der Waals surface area contributed by atoms with Gasteiger partial charge in [0.15, 0.2) is 0 Å². The molecule has 1 atom stereocenters. The third-order valence-corrected chi connectivity index (χ3v) is 3.10. The van der Waals surface area contributed by atoms with Gasteiger partial charge >= 0.3 is 5.97 Å². The summed E-state index contributed by atoms with van der Waals surface area (Å²) >= 11 is 0.